The number of carbonyl (C=O) groups excluding carboxylic acids is 2. The number of amides is 2. The van der Waals surface area contributed by atoms with Crippen LogP contribution in [0.2, 0.25) is 0 Å². The Bertz CT molecular complexity index is 1490. The lowest BCUT2D eigenvalue weighted by Gasteiger charge is -2.17. The molecule has 2 heterocycles. The number of nitrogens with zero attached hydrogens (tertiary/aromatic N) is 2. The van der Waals surface area contributed by atoms with Gasteiger partial charge in [-0.1, -0.05) is 24.3 Å². The van der Waals surface area contributed by atoms with Crippen LogP contribution in [0.5, 0.6) is 11.5 Å². The summed E-state index contributed by atoms with van der Waals surface area (Å²) in [5.41, 5.74) is 7.16. The highest BCUT2D eigenvalue weighted by atomic mass is 16.5. The molecule has 0 aliphatic rings. The van der Waals surface area contributed by atoms with Crippen molar-refractivity contribution in [1.82, 2.24) is 10.3 Å². The summed E-state index contributed by atoms with van der Waals surface area (Å²) in [5, 5.41) is 25.9. The number of furan rings is 1. The number of pyridine rings is 1. The number of nitriles is 1. The van der Waals surface area contributed by atoms with Crippen LogP contribution < -0.4 is 21.1 Å². The van der Waals surface area contributed by atoms with Gasteiger partial charge in [-0.3, -0.25) is 9.59 Å². The highest BCUT2D eigenvalue weighted by Crippen LogP contribution is 2.40. The number of nitrogens with one attached hydrogen (secondary N) is 2. The number of benzene rings is 2. The number of ether oxygens (including phenoxy) is 1. The van der Waals surface area contributed by atoms with Gasteiger partial charge in [-0.2, -0.15) is 5.26 Å². The highest BCUT2D eigenvalue weighted by Gasteiger charge is 2.24. The fraction of sp³-hybridized carbons (Fsp3) is 0.111. The topological polar surface area (TPSA) is 163 Å². The van der Waals surface area contributed by atoms with Crippen LogP contribution in [0, 0.1) is 11.3 Å². The number of anilines is 1. The minimum Gasteiger partial charge on any atom is -0.507 e. The number of nitrogens with two attached hydrogens (primary N) is 1. The Morgan fingerprint density at radius 1 is 1.08 bits per heavy atom. The molecule has 186 valence electrons. The maximum atomic E-state index is 12.8. The second-order valence-electron chi connectivity index (χ2n) is 7.77. The summed E-state index contributed by atoms with van der Waals surface area (Å²) in [6.07, 6.45) is 1.35. The second-order valence-corrected chi connectivity index (χ2v) is 7.77. The SMILES string of the molecule is COc1c(C(=O)NCCN)cccc1-c1cc(-c2ccccc2O)nc(NC(=O)c2ccco2)c1C#N. The molecule has 0 saturated carbocycles. The number of aromatic nitrogens is 1. The average molecular weight is 498 g/mol. The molecule has 37 heavy (non-hydrogen) atoms. The zero-order valence-electron chi connectivity index (χ0n) is 19.8. The summed E-state index contributed by atoms with van der Waals surface area (Å²) in [5.74, 6) is -0.876. The Morgan fingerprint density at radius 3 is 2.54 bits per heavy atom. The Morgan fingerprint density at radius 2 is 1.86 bits per heavy atom. The molecule has 0 aliphatic carbocycles. The normalized spacial score (nSPS) is 10.4. The van der Waals surface area contributed by atoms with Gasteiger partial charge in [0.05, 0.1) is 24.6 Å². The van der Waals surface area contributed by atoms with Crippen molar-refractivity contribution in [3.63, 3.8) is 0 Å². The van der Waals surface area contributed by atoms with Crippen LogP contribution >= 0.6 is 0 Å². The van der Waals surface area contributed by atoms with E-state index in [4.69, 9.17) is 14.9 Å². The van der Waals surface area contributed by atoms with Crippen molar-refractivity contribution in [2.24, 2.45) is 5.73 Å². The zero-order valence-corrected chi connectivity index (χ0v) is 19.8. The predicted octanol–water partition coefficient (Wildman–Crippen LogP) is 3.54. The summed E-state index contributed by atoms with van der Waals surface area (Å²) in [7, 11) is 1.41. The molecule has 10 heteroatoms. The first kappa shape index (κ1) is 25.0. The molecule has 4 aromatic rings. The fourth-order valence-corrected chi connectivity index (χ4v) is 3.79. The lowest BCUT2D eigenvalue weighted by Crippen LogP contribution is -2.29. The van der Waals surface area contributed by atoms with Crippen molar-refractivity contribution >= 4 is 17.6 Å². The van der Waals surface area contributed by atoms with Crippen molar-refractivity contribution in [3.8, 4) is 40.0 Å². The molecule has 0 spiro atoms. The third-order valence-corrected chi connectivity index (χ3v) is 5.47. The first-order valence-corrected chi connectivity index (χ1v) is 11.2. The van der Waals surface area contributed by atoms with Gasteiger partial charge in [0, 0.05) is 29.8 Å². The van der Waals surface area contributed by atoms with Crippen LogP contribution in [0.3, 0.4) is 0 Å². The lowest BCUT2D eigenvalue weighted by atomic mass is 9.95. The van der Waals surface area contributed by atoms with Gasteiger partial charge in [0.1, 0.15) is 23.1 Å². The minimum atomic E-state index is -0.615. The number of carbonyl (C=O) groups is 2. The van der Waals surface area contributed by atoms with Gasteiger partial charge in [-0.25, -0.2) is 4.98 Å². The fourth-order valence-electron chi connectivity index (χ4n) is 3.79. The predicted molar refractivity (Wildman–Crippen MR) is 136 cm³/mol. The lowest BCUT2D eigenvalue weighted by molar-refractivity contribution is 0.0950. The van der Waals surface area contributed by atoms with Crippen LogP contribution in [-0.4, -0.2) is 42.1 Å². The Balaban J connectivity index is 1.95. The number of para-hydroxylation sites is 2. The number of rotatable bonds is 8. The maximum Gasteiger partial charge on any atom is 0.292 e. The van der Waals surface area contributed by atoms with E-state index in [1.54, 1.807) is 48.5 Å². The van der Waals surface area contributed by atoms with Crippen LogP contribution in [0.1, 0.15) is 26.5 Å². The Kier molecular flexibility index (Phi) is 7.47. The maximum absolute atomic E-state index is 12.8. The quantitative estimate of drug-likeness (QED) is 0.287. The molecule has 0 radical (unpaired) electrons. The third kappa shape index (κ3) is 5.12. The summed E-state index contributed by atoms with van der Waals surface area (Å²) in [6.45, 7) is 0.532. The molecule has 2 aromatic carbocycles. The summed E-state index contributed by atoms with van der Waals surface area (Å²) in [4.78, 5) is 30.0. The Hall–Kier alpha value is -5.14. The van der Waals surface area contributed by atoms with E-state index in [1.807, 2.05) is 0 Å². The van der Waals surface area contributed by atoms with E-state index in [0.29, 0.717) is 16.7 Å². The number of phenolic OH excluding ortho intramolecular Hbond substituents is 1. The molecule has 2 aromatic heterocycles. The number of methoxy groups -OCH3 is 1. The van der Waals surface area contributed by atoms with Crippen LogP contribution in [0.15, 0.2) is 71.3 Å². The Labute approximate surface area is 212 Å². The first-order valence-electron chi connectivity index (χ1n) is 11.2. The average Bonchev–Trinajstić information content (AvgIpc) is 3.46. The first-order chi connectivity index (χ1) is 18.0. The summed E-state index contributed by atoms with van der Waals surface area (Å²) in [6, 6.07) is 18.2. The third-order valence-electron chi connectivity index (χ3n) is 5.47. The van der Waals surface area contributed by atoms with Gasteiger partial charge in [-0.05, 0) is 36.4 Å². The van der Waals surface area contributed by atoms with Crippen molar-refractivity contribution < 1.29 is 23.8 Å². The van der Waals surface area contributed by atoms with Crippen LogP contribution in [-0.2, 0) is 0 Å². The van der Waals surface area contributed by atoms with Gasteiger partial charge >= 0.3 is 0 Å². The van der Waals surface area contributed by atoms with Crippen molar-refractivity contribution in [2.75, 3.05) is 25.5 Å². The zero-order chi connectivity index (χ0) is 26.4. The van der Waals surface area contributed by atoms with E-state index >= 15 is 0 Å². The molecule has 5 N–H and O–H groups in total. The second kappa shape index (κ2) is 11.1. The van der Waals surface area contributed by atoms with E-state index in [2.05, 4.69) is 21.7 Å². The molecule has 10 nitrogen and oxygen atoms in total. The van der Waals surface area contributed by atoms with E-state index in [-0.39, 0.29) is 53.0 Å². The van der Waals surface area contributed by atoms with E-state index in [1.165, 1.54) is 25.5 Å². The van der Waals surface area contributed by atoms with Crippen molar-refractivity contribution in [2.45, 2.75) is 0 Å². The molecular formula is C27H23N5O5. The molecule has 0 aliphatic heterocycles. The standard InChI is InChI=1S/C27H23N5O5/c1-36-24-16(7-4-8-18(24)26(34)30-12-11-28)19-14-21(17-6-2-3-9-22(17)33)31-25(20(19)15-29)32-27(35)23-10-5-13-37-23/h2-10,13-14,33H,11-12,28H2,1H3,(H,30,34)(H,31,32,35). The monoisotopic (exact) mass is 497 g/mol. The number of aromatic hydroxyl groups is 1. The van der Waals surface area contributed by atoms with Gasteiger partial charge in [0.15, 0.2) is 11.6 Å². The molecule has 4 rings (SSSR count). The molecule has 0 unspecified atom stereocenters. The van der Waals surface area contributed by atoms with E-state index in [0.717, 1.165) is 0 Å². The van der Waals surface area contributed by atoms with Crippen LogP contribution in [0.4, 0.5) is 5.82 Å². The molecule has 0 saturated heterocycles. The van der Waals surface area contributed by atoms with E-state index in [9.17, 15) is 20.0 Å². The van der Waals surface area contributed by atoms with Crippen LogP contribution in [0.25, 0.3) is 22.4 Å². The smallest absolute Gasteiger partial charge is 0.292 e. The van der Waals surface area contributed by atoms with E-state index < -0.39 is 11.8 Å². The summed E-state index contributed by atoms with van der Waals surface area (Å²) < 4.78 is 10.8. The number of hydrogen-bond acceptors (Lipinski definition) is 8. The highest BCUT2D eigenvalue weighted by molar-refractivity contribution is 6.04. The largest absolute Gasteiger partial charge is 0.507 e. The van der Waals surface area contributed by atoms with Crippen molar-refractivity contribution in [1.29, 1.82) is 5.26 Å². The molecule has 2 amide bonds. The molecule has 0 bridgehead atoms. The molecular weight excluding hydrogens is 474 g/mol. The van der Waals surface area contributed by atoms with Gasteiger partial charge in [-0.15, -0.1) is 0 Å². The van der Waals surface area contributed by atoms with Gasteiger partial charge in [0.25, 0.3) is 11.8 Å². The molecule has 0 fully saturated rings. The van der Waals surface area contributed by atoms with Gasteiger partial charge < -0.3 is 30.6 Å². The number of hydrogen-bond donors (Lipinski definition) is 4. The summed E-state index contributed by atoms with van der Waals surface area (Å²) >= 11 is 0. The number of phenols is 1. The van der Waals surface area contributed by atoms with Crippen molar-refractivity contribution in [3.05, 3.63) is 83.8 Å². The van der Waals surface area contributed by atoms with Gasteiger partial charge in [0.2, 0.25) is 0 Å². The molecule has 0 atom stereocenters. The minimum absolute atomic E-state index is 0.0244.